The topological polar surface area (TPSA) is 50.7 Å². The van der Waals surface area contributed by atoms with E-state index in [4.69, 9.17) is 0 Å². The van der Waals surface area contributed by atoms with Crippen LogP contribution in [0.2, 0.25) is 0 Å². The normalized spacial score (nSPS) is 11.0. The van der Waals surface area contributed by atoms with Gasteiger partial charge in [0.2, 0.25) is 0 Å². The minimum absolute atomic E-state index is 0.716. The van der Waals surface area contributed by atoms with E-state index < -0.39 is 0 Å². The molecule has 6 heteroatoms. The fourth-order valence-electron chi connectivity index (χ4n) is 2.11. The van der Waals surface area contributed by atoms with Crippen LogP contribution in [-0.2, 0) is 6.42 Å². The summed E-state index contributed by atoms with van der Waals surface area (Å²) >= 11 is 5.26. The van der Waals surface area contributed by atoms with Crippen LogP contribution in [0, 0.1) is 0 Å². The van der Waals surface area contributed by atoms with Crippen LogP contribution in [0.4, 0.5) is 5.82 Å². The minimum atomic E-state index is 0.716. The molecule has 4 nitrogen and oxygen atoms in total. The van der Waals surface area contributed by atoms with Gasteiger partial charge in [-0.1, -0.05) is 6.92 Å². The second-order valence-electron chi connectivity index (χ2n) is 4.57. The molecule has 0 radical (unpaired) electrons. The Kier molecular flexibility index (Phi) is 4.17. The van der Waals surface area contributed by atoms with Crippen molar-refractivity contribution < 1.29 is 0 Å². The first-order valence-electron chi connectivity index (χ1n) is 6.86. The molecule has 3 heterocycles. The molecular formula is C15H15BrN4S. The molecule has 0 aliphatic heterocycles. The van der Waals surface area contributed by atoms with Crippen LogP contribution in [0.25, 0.3) is 21.6 Å². The van der Waals surface area contributed by atoms with E-state index in [-0.39, 0.29) is 0 Å². The Balaban J connectivity index is 2.13. The predicted octanol–water partition coefficient (Wildman–Crippen LogP) is 4.51. The molecule has 3 aromatic rings. The lowest BCUT2D eigenvalue weighted by Gasteiger charge is -2.11. The van der Waals surface area contributed by atoms with E-state index in [9.17, 15) is 0 Å². The highest BCUT2D eigenvalue weighted by molar-refractivity contribution is 9.10. The fraction of sp³-hybridized carbons (Fsp3) is 0.267. The molecule has 0 saturated carbocycles. The first kappa shape index (κ1) is 14.4. The third kappa shape index (κ3) is 2.78. The Labute approximate surface area is 135 Å². The van der Waals surface area contributed by atoms with E-state index in [1.165, 1.54) is 0 Å². The number of hydrogen-bond acceptors (Lipinski definition) is 5. The highest BCUT2D eigenvalue weighted by Gasteiger charge is 2.13. The van der Waals surface area contributed by atoms with Crippen molar-refractivity contribution in [2.24, 2.45) is 0 Å². The van der Waals surface area contributed by atoms with Crippen molar-refractivity contribution in [2.45, 2.75) is 20.3 Å². The van der Waals surface area contributed by atoms with Gasteiger partial charge in [0.1, 0.15) is 5.82 Å². The largest absolute Gasteiger partial charge is 0.369 e. The van der Waals surface area contributed by atoms with Gasteiger partial charge >= 0.3 is 0 Å². The van der Waals surface area contributed by atoms with Gasteiger partial charge in [0.05, 0.1) is 20.4 Å². The molecule has 3 aromatic heterocycles. The number of thiophene rings is 1. The van der Waals surface area contributed by atoms with Crippen LogP contribution >= 0.6 is 27.3 Å². The molecule has 0 aliphatic carbocycles. The number of aromatic nitrogens is 3. The van der Waals surface area contributed by atoms with Gasteiger partial charge in [-0.25, -0.2) is 9.97 Å². The third-order valence-corrected chi connectivity index (χ3v) is 4.85. The van der Waals surface area contributed by atoms with Crippen molar-refractivity contribution in [3.05, 3.63) is 33.9 Å². The van der Waals surface area contributed by atoms with Gasteiger partial charge in [-0.3, -0.25) is 4.98 Å². The molecular weight excluding hydrogens is 348 g/mol. The van der Waals surface area contributed by atoms with Crippen molar-refractivity contribution in [3.8, 4) is 11.4 Å². The summed E-state index contributed by atoms with van der Waals surface area (Å²) < 4.78 is 2.10. The molecule has 0 atom stereocenters. The zero-order chi connectivity index (χ0) is 14.8. The van der Waals surface area contributed by atoms with Crippen LogP contribution in [-0.4, -0.2) is 21.5 Å². The van der Waals surface area contributed by atoms with Crippen LogP contribution in [0.3, 0.4) is 0 Å². The molecule has 0 bridgehead atoms. The van der Waals surface area contributed by atoms with Crippen LogP contribution in [0.15, 0.2) is 28.2 Å². The summed E-state index contributed by atoms with van der Waals surface area (Å²) in [4.78, 5) is 13.8. The maximum absolute atomic E-state index is 4.66. The SMILES string of the molecule is CCNc1nc(-c2cnc3ccsc3c2)nc(CC)c1Br. The molecule has 1 N–H and O–H groups in total. The lowest BCUT2D eigenvalue weighted by Crippen LogP contribution is -2.05. The quantitative estimate of drug-likeness (QED) is 0.741. The zero-order valence-corrected chi connectivity index (χ0v) is 14.3. The summed E-state index contributed by atoms with van der Waals surface area (Å²) in [5.74, 6) is 1.56. The summed E-state index contributed by atoms with van der Waals surface area (Å²) in [6, 6.07) is 4.12. The van der Waals surface area contributed by atoms with E-state index in [1.807, 2.05) is 17.6 Å². The molecule has 0 fully saturated rings. The van der Waals surface area contributed by atoms with Crippen LogP contribution < -0.4 is 5.32 Å². The lowest BCUT2D eigenvalue weighted by molar-refractivity contribution is 0.983. The molecule has 0 spiro atoms. The number of nitrogens with zero attached hydrogens (tertiary/aromatic N) is 3. The summed E-state index contributed by atoms with van der Waals surface area (Å²) in [6.07, 6.45) is 2.69. The fourth-order valence-corrected chi connectivity index (χ4v) is 3.49. The second-order valence-corrected chi connectivity index (χ2v) is 6.31. The van der Waals surface area contributed by atoms with Crippen molar-refractivity contribution >= 4 is 43.3 Å². The summed E-state index contributed by atoms with van der Waals surface area (Å²) in [5, 5.41) is 5.32. The van der Waals surface area contributed by atoms with Gasteiger partial charge in [0.25, 0.3) is 0 Å². The number of nitrogens with one attached hydrogen (secondary N) is 1. The minimum Gasteiger partial charge on any atom is -0.369 e. The molecule has 3 rings (SSSR count). The average molecular weight is 363 g/mol. The van der Waals surface area contributed by atoms with Gasteiger partial charge in [-0.05, 0) is 46.8 Å². The predicted molar refractivity (Wildman–Crippen MR) is 91.9 cm³/mol. The number of hydrogen-bond donors (Lipinski definition) is 1. The van der Waals surface area contributed by atoms with Crippen molar-refractivity contribution in [1.82, 2.24) is 15.0 Å². The molecule has 0 aliphatic rings. The van der Waals surface area contributed by atoms with Crippen molar-refractivity contribution in [2.75, 3.05) is 11.9 Å². The second kappa shape index (κ2) is 6.07. The number of fused-ring (bicyclic) bond motifs is 1. The Morgan fingerprint density at radius 2 is 2.14 bits per heavy atom. The molecule has 0 amide bonds. The smallest absolute Gasteiger partial charge is 0.163 e. The van der Waals surface area contributed by atoms with E-state index in [1.54, 1.807) is 11.3 Å². The lowest BCUT2D eigenvalue weighted by atomic mass is 10.2. The van der Waals surface area contributed by atoms with Crippen molar-refractivity contribution in [3.63, 3.8) is 0 Å². The number of pyridine rings is 1. The maximum Gasteiger partial charge on any atom is 0.163 e. The summed E-state index contributed by atoms with van der Waals surface area (Å²) in [7, 11) is 0. The molecule has 0 aromatic carbocycles. The van der Waals surface area contributed by atoms with Gasteiger partial charge < -0.3 is 5.32 Å². The number of aryl methyl sites for hydroxylation is 1. The van der Waals surface area contributed by atoms with Gasteiger partial charge in [-0.15, -0.1) is 11.3 Å². The Hall–Kier alpha value is -1.53. The molecule has 0 saturated heterocycles. The number of rotatable bonds is 4. The molecule has 108 valence electrons. The Bertz CT molecular complexity index is 784. The zero-order valence-electron chi connectivity index (χ0n) is 11.9. The first-order valence-corrected chi connectivity index (χ1v) is 8.54. The standard InChI is InChI=1S/C15H15BrN4S/c1-3-10-13(16)15(17-4-2)20-14(19-10)9-7-12-11(18-8-9)5-6-21-12/h5-8H,3-4H2,1-2H3,(H,17,19,20). The summed E-state index contributed by atoms with van der Waals surface area (Å²) in [5.41, 5.74) is 2.97. The maximum atomic E-state index is 4.66. The van der Waals surface area contributed by atoms with Crippen LogP contribution in [0.1, 0.15) is 19.5 Å². The third-order valence-electron chi connectivity index (χ3n) is 3.16. The van der Waals surface area contributed by atoms with Crippen LogP contribution in [0.5, 0.6) is 0 Å². The highest BCUT2D eigenvalue weighted by atomic mass is 79.9. The van der Waals surface area contributed by atoms with E-state index >= 15 is 0 Å². The van der Waals surface area contributed by atoms with Crippen molar-refractivity contribution in [1.29, 1.82) is 0 Å². The first-order chi connectivity index (χ1) is 10.2. The average Bonchev–Trinajstić information content (AvgIpc) is 2.97. The van der Waals surface area contributed by atoms with E-state index in [0.29, 0.717) is 5.82 Å². The highest BCUT2D eigenvalue weighted by Crippen LogP contribution is 2.29. The molecule has 21 heavy (non-hydrogen) atoms. The van der Waals surface area contributed by atoms with E-state index in [2.05, 4.69) is 56.1 Å². The number of halogens is 1. The summed E-state index contributed by atoms with van der Waals surface area (Å²) in [6.45, 7) is 4.97. The van der Waals surface area contributed by atoms with E-state index in [0.717, 1.165) is 44.7 Å². The van der Waals surface area contributed by atoms with Gasteiger partial charge in [-0.2, -0.15) is 0 Å². The number of anilines is 1. The Morgan fingerprint density at radius 3 is 2.90 bits per heavy atom. The Morgan fingerprint density at radius 1 is 1.29 bits per heavy atom. The van der Waals surface area contributed by atoms with Gasteiger partial charge in [0, 0.05) is 18.3 Å². The monoisotopic (exact) mass is 362 g/mol. The molecule has 0 unspecified atom stereocenters. The van der Waals surface area contributed by atoms with Gasteiger partial charge in [0.15, 0.2) is 5.82 Å².